The largest absolute Gasteiger partial charge is 0.481 e. The van der Waals surface area contributed by atoms with E-state index in [0.29, 0.717) is 11.7 Å². The molecule has 0 radical (unpaired) electrons. The van der Waals surface area contributed by atoms with Crippen molar-refractivity contribution in [2.45, 2.75) is 24.8 Å². The van der Waals surface area contributed by atoms with Crippen LogP contribution in [0.1, 0.15) is 19.3 Å². The van der Waals surface area contributed by atoms with Gasteiger partial charge in [-0.1, -0.05) is 0 Å². The number of hydrogen-bond donors (Lipinski definition) is 2. The number of ether oxygens (including phenoxy) is 1. The summed E-state index contributed by atoms with van der Waals surface area (Å²) < 4.78 is 5.07. The van der Waals surface area contributed by atoms with Gasteiger partial charge in [-0.2, -0.15) is 9.97 Å². The van der Waals surface area contributed by atoms with Crippen LogP contribution in [-0.2, 0) is 0 Å². The van der Waals surface area contributed by atoms with Crippen LogP contribution >= 0.6 is 0 Å². The van der Waals surface area contributed by atoms with Gasteiger partial charge in [-0.15, -0.1) is 0 Å². The Morgan fingerprint density at radius 1 is 1.44 bits per heavy atom. The van der Waals surface area contributed by atoms with Crippen LogP contribution in [0.25, 0.3) is 0 Å². The molecular weight excluding hydrogens is 230 g/mol. The zero-order valence-electron chi connectivity index (χ0n) is 11.2. The summed E-state index contributed by atoms with van der Waals surface area (Å²) in [4.78, 5) is 10.4. The fourth-order valence-electron chi connectivity index (χ4n) is 2.26. The second-order valence-electron chi connectivity index (χ2n) is 4.98. The molecule has 2 rings (SSSR count). The molecule has 100 valence electrons. The van der Waals surface area contributed by atoms with Gasteiger partial charge in [0.2, 0.25) is 11.8 Å². The Kier molecular flexibility index (Phi) is 3.56. The van der Waals surface area contributed by atoms with E-state index >= 15 is 0 Å². The number of nitrogen functional groups attached to an aromatic ring is 1. The minimum Gasteiger partial charge on any atom is -0.481 e. The first-order valence-electron chi connectivity index (χ1n) is 6.16. The van der Waals surface area contributed by atoms with Gasteiger partial charge in [0.05, 0.1) is 7.11 Å². The lowest BCUT2D eigenvalue weighted by molar-refractivity contribution is 0.0738. The first-order valence-corrected chi connectivity index (χ1v) is 6.16. The third-order valence-electron chi connectivity index (χ3n) is 3.76. The zero-order valence-corrected chi connectivity index (χ0v) is 11.2. The van der Waals surface area contributed by atoms with Crippen molar-refractivity contribution < 1.29 is 4.74 Å². The molecule has 0 bridgehead atoms. The lowest BCUT2D eigenvalue weighted by Gasteiger charge is -2.47. The fraction of sp³-hybridized carbons (Fsp3) is 0.667. The molecule has 1 aromatic rings. The minimum absolute atomic E-state index is 0.226. The van der Waals surface area contributed by atoms with Crippen LogP contribution in [0.3, 0.4) is 0 Å². The van der Waals surface area contributed by atoms with Gasteiger partial charge in [0.1, 0.15) is 5.82 Å². The van der Waals surface area contributed by atoms with Crippen molar-refractivity contribution in [3.63, 3.8) is 0 Å². The molecule has 1 heterocycles. The first kappa shape index (κ1) is 12.9. The van der Waals surface area contributed by atoms with Gasteiger partial charge < -0.3 is 20.7 Å². The molecule has 0 atom stereocenters. The van der Waals surface area contributed by atoms with Crippen LogP contribution in [0.4, 0.5) is 11.8 Å². The highest BCUT2D eigenvalue weighted by Gasteiger charge is 2.38. The number of nitrogens with one attached hydrogen (secondary N) is 1. The maximum absolute atomic E-state index is 5.63. The fourth-order valence-corrected chi connectivity index (χ4v) is 2.26. The molecule has 1 fully saturated rings. The summed E-state index contributed by atoms with van der Waals surface area (Å²) in [5.41, 5.74) is 5.87. The maximum Gasteiger partial charge on any atom is 0.225 e. The number of rotatable bonds is 5. The Morgan fingerprint density at radius 2 is 2.17 bits per heavy atom. The quantitative estimate of drug-likeness (QED) is 0.812. The van der Waals surface area contributed by atoms with E-state index in [4.69, 9.17) is 10.5 Å². The average Bonchev–Trinajstić information content (AvgIpc) is 2.26. The maximum atomic E-state index is 5.63. The number of aromatic nitrogens is 2. The van der Waals surface area contributed by atoms with Gasteiger partial charge in [-0.3, -0.25) is 0 Å². The molecule has 1 saturated carbocycles. The van der Waals surface area contributed by atoms with Gasteiger partial charge in [-0.25, -0.2) is 0 Å². The van der Waals surface area contributed by atoms with Crippen molar-refractivity contribution in [3.05, 3.63) is 6.07 Å². The highest BCUT2D eigenvalue weighted by atomic mass is 16.5. The predicted octanol–water partition coefficient (Wildman–Crippen LogP) is 0.964. The summed E-state index contributed by atoms with van der Waals surface area (Å²) in [5, 5.41) is 3.33. The van der Waals surface area contributed by atoms with Crippen LogP contribution in [0.15, 0.2) is 6.07 Å². The van der Waals surface area contributed by atoms with Crippen molar-refractivity contribution in [2.75, 3.05) is 38.8 Å². The smallest absolute Gasteiger partial charge is 0.225 e. The lowest BCUT2D eigenvalue weighted by Crippen LogP contribution is -2.54. The second kappa shape index (κ2) is 4.97. The number of anilines is 2. The molecule has 1 aliphatic rings. The summed E-state index contributed by atoms with van der Waals surface area (Å²) in [6.45, 7) is 0.861. The van der Waals surface area contributed by atoms with E-state index in [2.05, 4.69) is 34.3 Å². The molecule has 18 heavy (non-hydrogen) atoms. The van der Waals surface area contributed by atoms with Crippen molar-refractivity contribution in [1.29, 1.82) is 0 Å². The summed E-state index contributed by atoms with van der Waals surface area (Å²) in [7, 11) is 5.81. The van der Waals surface area contributed by atoms with Crippen molar-refractivity contribution in [2.24, 2.45) is 0 Å². The van der Waals surface area contributed by atoms with E-state index in [1.54, 1.807) is 13.2 Å². The molecule has 0 unspecified atom stereocenters. The van der Waals surface area contributed by atoms with Gasteiger partial charge in [0.25, 0.3) is 0 Å². The molecule has 0 spiro atoms. The molecular formula is C12H21N5O. The molecule has 1 aromatic heterocycles. The molecule has 1 aliphatic carbocycles. The van der Waals surface area contributed by atoms with Gasteiger partial charge in [0, 0.05) is 18.2 Å². The molecule has 6 heteroatoms. The topological polar surface area (TPSA) is 76.3 Å². The van der Waals surface area contributed by atoms with Crippen LogP contribution in [0, 0.1) is 0 Å². The molecule has 6 nitrogen and oxygen atoms in total. The van der Waals surface area contributed by atoms with Crippen molar-refractivity contribution >= 4 is 11.8 Å². The van der Waals surface area contributed by atoms with Gasteiger partial charge in [0.15, 0.2) is 0 Å². The third kappa shape index (κ3) is 2.48. The Balaban J connectivity index is 2.03. The summed E-state index contributed by atoms with van der Waals surface area (Å²) >= 11 is 0. The van der Waals surface area contributed by atoms with Crippen LogP contribution < -0.4 is 15.8 Å². The van der Waals surface area contributed by atoms with Crippen molar-refractivity contribution in [1.82, 2.24) is 14.9 Å². The number of nitrogens with zero attached hydrogens (tertiary/aromatic N) is 3. The van der Waals surface area contributed by atoms with Crippen LogP contribution in [0.5, 0.6) is 5.88 Å². The third-order valence-corrected chi connectivity index (χ3v) is 3.76. The number of hydrogen-bond acceptors (Lipinski definition) is 6. The molecule has 0 saturated heterocycles. The zero-order chi connectivity index (χ0) is 13.2. The summed E-state index contributed by atoms with van der Waals surface area (Å²) in [6, 6.07) is 1.76. The summed E-state index contributed by atoms with van der Waals surface area (Å²) in [6.07, 6.45) is 3.71. The second-order valence-corrected chi connectivity index (χ2v) is 4.98. The van der Waals surface area contributed by atoms with E-state index in [1.807, 2.05) is 0 Å². The van der Waals surface area contributed by atoms with Gasteiger partial charge >= 0.3 is 0 Å². The number of methoxy groups -OCH3 is 1. The Hall–Kier alpha value is -1.56. The van der Waals surface area contributed by atoms with Crippen LogP contribution in [0.2, 0.25) is 0 Å². The van der Waals surface area contributed by atoms with Gasteiger partial charge in [-0.05, 0) is 33.4 Å². The SMILES string of the molecule is COc1cc(NCC2(N(C)C)CCC2)nc(N)n1. The van der Waals surface area contributed by atoms with E-state index < -0.39 is 0 Å². The normalized spacial score (nSPS) is 17.3. The average molecular weight is 251 g/mol. The predicted molar refractivity (Wildman–Crippen MR) is 71.8 cm³/mol. The van der Waals surface area contributed by atoms with E-state index in [-0.39, 0.29) is 11.5 Å². The Morgan fingerprint density at radius 3 is 2.67 bits per heavy atom. The molecule has 0 aliphatic heterocycles. The Labute approximate surface area is 108 Å². The molecule has 0 amide bonds. The van der Waals surface area contributed by atoms with Crippen LogP contribution in [-0.4, -0.2) is 48.2 Å². The molecule has 3 N–H and O–H groups in total. The Bertz CT molecular complexity index is 417. The van der Waals surface area contributed by atoms with E-state index in [0.717, 1.165) is 6.54 Å². The highest BCUT2D eigenvalue weighted by Crippen LogP contribution is 2.36. The number of likely N-dealkylation sites (N-methyl/N-ethyl adjacent to an activating group) is 1. The van der Waals surface area contributed by atoms with E-state index in [9.17, 15) is 0 Å². The monoisotopic (exact) mass is 251 g/mol. The molecule has 0 aromatic carbocycles. The number of nitrogens with two attached hydrogens (primary N) is 1. The standard InChI is InChI=1S/C12H21N5O/c1-17(2)12(5-4-6-12)8-14-9-7-10(18-3)16-11(13)15-9/h7H,4-6,8H2,1-3H3,(H3,13,14,15,16). The minimum atomic E-state index is 0.226. The van der Waals surface area contributed by atoms with Crippen molar-refractivity contribution in [3.8, 4) is 5.88 Å². The first-order chi connectivity index (χ1) is 8.55. The highest BCUT2D eigenvalue weighted by molar-refractivity contribution is 5.43. The van der Waals surface area contributed by atoms with E-state index in [1.165, 1.54) is 19.3 Å². The summed E-state index contributed by atoms with van der Waals surface area (Å²) in [5.74, 6) is 1.43. The lowest BCUT2D eigenvalue weighted by atomic mass is 9.75.